The maximum Gasteiger partial charge on any atom is 0.131 e. The van der Waals surface area contributed by atoms with Crippen molar-refractivity contribution in [3.05, 3.63) is 17.7 Å². The molecule has 1 rings (SSSR count). The molecule has 108 valence electrons. The molecular weight excluding hydrogens is 236 g/mol. The highest BCUT2D eigenvalue weighted by atomic mass is 15.1. The lowest BCUT2D eigenvalue weighted by molar-refractivity contribution is 0.627. The Balaban J connectivity index is 3.00. The maximum atomic E-state index is 4.72. The Hall–Kier alpha value is -1.16. The van der Waals surface area contributed by atoms with Crippen LogP contribution in [-0.2, 0) is 6.54 Å². The number of hydrogen-bond acceptors (Lipinski definition) is 4. The highest BCUT2D eigenvalue weighted by Crippen LogP contribution is 2.20. The van der Waals surface area contributed by atoms with E-state index in [0.29, 0.717) is 11.8 Å². The van der Waals surface area contributed by atoms with Crippen molar-refractivity contribution >= 4 is 5.69 Å². The van der Waals surface area contributed by atoms with Gasteiger partial charge in [0, 0.05) is 26.1 Å². The van der Waals surface area contributed by atoms with Crippen LogP contribution in [0, 0.1) is 5.92 Å². The van der Waals surface area contributed by atoms with Crippen molar-refractivity contribution in [2.45, 2.75) is 47.1 Å². The molecule has 1 heterocycles. The number of nitrogens with one attached hydrogen (secondary N) is 1. The van der Waals surface area contributed by atoms with Gasteiger partial charge in [-0.25, -0.2) is 9.97 Å². The molecule has 0 bridgehead atoms. The zero-order chi connectivity index (χ0) is 14.4. The predicted octanol–water partition coefficient (Wildman–Crippen LogP) is 2.80. The Bertz CT molecular complexity index is 388. The minimum Gasteiger partial charge on any atom is -0.372 e. The van der Waals surface area contributed by atoms with Gasteiger partial charge in [0.2, 0.25) is 0 Å². The largest absolute Gasteiger partial charge is 0.372 e. The Morgan fingerprint density at radius 1 is 1.26 bits per heavy atom. The van der Waals surface area contributed by atoms with E-state index in [1.54, 1.807) is 0 Å². The zero-order valence-corrected chi connectivity index (χ0v) is 13.2. The Labute approximate surface area is 117 Å². The first-order valence-corrected chi connectivity index (χ1v) is 7.23. The average Bonchev–Trinajstić information content (AvgIpc) is 2.34. The van der Waals surface area contributed by atoms with E-state index in [2.05, 4.69) is 56.9 Å². The van der Waals surface area contributed by atoms with Gasteiger partial charge in [0.1, 0.15) is 5.82 Å². The van der Waals surface area contributed by atoms with Crippen molar-refractivity contribution < 1.29 is 0 Å². The number of rotatable bonds is 7. The van der Waals surface area contributed by atoms with Gasteiger partial charge in [-0.15, -0.1) is 0 Å². The standard InChI is InChI=1S/C15H28N4/c1-7-16-8-13-14(19(6)10-11(2)3)9-17-15(18-13)12(4)5/h9,11-12,16H,7-8,10H2,1-6H3. The molecule has 1 N–H and O–H groups in total. The summed E-state index contributed by atoms with van der Waals surface area (Å²) in [4.78, 5) is 11.5. The second-order valence-corrected chi connectivity index (χ2v) is 5.77. The highest BCUT2D eigenvalue weighted by Gasteiger charge is 2.13. The van der Waals surface area contributed by atoms with Gasteiger partial charge in [0.25, 0.3) is 0 Å². The van der Waals surface area contributed by atoms with Crippen LogP contribution in [0.2, 0.25) is 0 Å². The third-order valence-electron chi connectivity index (χ3n) is 2.97. The van der Waals surface area contributed by atoms with Crippen molar-refractivity contribution in [2.24, 2.45) is 5.92 Å². The summed E-state index contributed by atoms with van der Waals surface area (Å²) in [5.41, 5.74) is 2.24. The fourth-order valence-electron chi connectivity index (χ4n) is 2.04. The lowest BCUT2D eigenvalue weighted by Crippen LogP contribution is -2.26. The van der Waals surface area contributed by atoms with Gasteiger partial charge in [0.05, 0.1) is 17.6 Å². The summed E-state index contributed by atoms with van der Waals surface area (Å²) >= 11 is 0. The van der Waals surface area contributed by atoms with Gasteiger partial charge in [-0.1, -0.05) is 34.6 Å². The van der Waals surface area contributed by atoms with E-state index in [4.69, 9.17) is 4.98 Å². The van der Waals surface area contributed by atoms with E-state index in [9.17, 15) is 0 Å². The van der Waals surface area contributed by atoms with Crippen LogP contribution in [-0.4, -0.2) is 30.1 Å². The third-order valence-corrected chi connectivity index (χ3v) is 2.97. The second-order valence-electron chi connectivity index (χ2n) is 5.77. The third kappa shape index (κ3) is 4.78. The molecule has 4 heteroatoms. The van der Waals surface area contributed by atoms with Gasteiger partial charge in [-0.05, 0) is 12.5 Å². The first-order chi connectivity index (χ1) is 8.95. The SMILES string of the molecule is CCNCc1nc(C(C)C)ncc1N(C)CC(C)C. The molecule has 0 aliphatic rings. The Morgan fingerprint density at radius 3 is 2.47 bits per heavy atom. The summed E-state index contributed by atoms with van der Waals surface area (Å²) in [6.45, 7) is 13.6. The molecule has 1 aromatic heterocycles. The molecule has 0 fully saturated rings. The summed E-state index contributed by atoms with van der Waals surface area (Å²) in [6, 6.07) is 0. The summed E-state index contributed by atoms with van der Waals surface area (Å²) < 4.78 is 0. The van der Waals surface area contributed by atoms with Crippen LogP contribution >= 0.6 is 0 Å². The van der Waals surface area contributed by atoms with Gasteiger partial charge in [-0.2, -0.15) is 0 Å². The molecule has 4 nitrogen and oxygen atoms in total. The minimum atomic E-state index is 0.366. The van der Waals surface area contributed by atoms with Gasteiger partial charge in [0.15, 0.2) is 0 Å². The molecule has 0 saturated carbocycles. The molecule has 1 aromatic rings. The van der Waals surface area contributed by atoms with Crippen LogP contribution in [0.3, 0.4) is 0 Å². The van der Waals surface area contributed by atoms with Gasteiger partial charge in [-0.3, -0.25) is 0 Å². The summed E-state index contributed by atoms with van der Waals surface area (Å²) in [5, 5.41) is 3.36. The van der Waals surface area contributed by atoms with Crippen molar-refractivity contribution in [3.8, 4) is 0 Å². The quantitative estimate of drug-likeness (QED) is 0.822. The van der Waals surface area contributed by atoms with E-state index in [1.807, 2.05) is 6.20 Å². The van der Waals surface area contributed by atoms with Crippen LogP contribution < -0.4 is 10.2 Å². The first kappa shape index (κ1) is 15.9. The Morgan fingerprint density at radius 2 is 1.95 bits per heavy atom. The molecule has 0 radical (unpaired) electrons. The predicted molar refractivity (Wildman–Crippen MR) is 81.6 cm³/mol. The average molecular weight is 264 g/mol. The van der Waals surface area contributed by atoms with Crippen LogP contribution in [0.15, 0.2) is 6.20 Å². The molecule has 0 unspecified atom stereocenters. The van der Waals surface area contributed by atoms with Gasteiger partial charge >= 0.3 is 0 Å². The maximum absolute atomic E-state index is 4.72. The molecule has 0 atom stereocenters. The van der Waals surface area contributed by atoms with E-state index in [0.717, 1.165) is 36.8 Å². The number of anilines is 1. The molecule has 0 aromatic carbocycles. The van der Waals surface area contributed by atoms with Crippen molar-refractivity contribution in [3.63, 3.8) is 0 Å². The molecule has 0 spiro atoms. The molecule has 0 aliphatic heterocycles. The van der Waals surface area contributed by atoms with Crippen LogP contribution in [0.1, 0.15) is 52.1 Å². The second kappa shape index (κ2) is 7.43. The van der Waals surface area contributed by atoms with Crippen LogP contribution in [0.5, 0.6) is 0 Å². The minimum absolute atomic E-state index is 0.366. The Kier molecular flexibility index (Phi) is 6.22. The van der Waals surface area contributed by atoms with Crippen LogP contribution in [0.4, 0.5) is 5.69 Å². The lowest BCUT2D eigenvalue weighted by Gasteiger charge is -2.24. The van der Waals surface area contributed by atoms with Crippen molar-refractivity contribution in [1.82, 2.24) is 15.3 Å². The number of hydrogen-bond donors (Lipinski definition) is 1. The summed E-state index contributed by atoms with van der Waals surface area (Å²) in [5.74, 6) is 1.92. The summed E-state index contributed by atoms with van der Waals surface area (Å²) in [6.07, 6.45) is 1.97. The van der Waals surface area contributed by atoms with Crippen molar-refractivity contribution in [2.75, 3.05) is 25.0 Å². The zero-order valence-electron chi connectivity index (χ0n) is 13.2. The molecular formula is C15H28N4. The molecule has 0 aliphatic carbocycles. The van der Waals surface area contributed by atoms with E-state index >= 15 is 0 Å². The highest BCUT2D eigenvalue weighted by molar-refractivity contribution is 5.48. The molecule has 0 saturated heterocycles. The number of aromatic nitrogens is 2. The topological polar surface area (TPSA) is 41.1 Å². The lowest BCUT2D eigenvalue weighted by atomic mass is 10.1. The van der Waals surface area contributed by atoms with Crippen LogP contribution in [0.25, 0.3) is 0 Å². The summed E-state index contributed by atoms with van der Waals surface area (Å²) in [7, 11) is 2.11. The van der Waals surface area contributed by atoms with E-state index in [-0.39, 0.29) is 0 Å². The fourth-order valence-corrected chi connectivity index (χ4v) is 2.04. The smallest absolute Gasteiger partial charge is 0.131 e. The normalized spacial score (nSPS) is 11.4. The van der Waals surface area contributed by atoms with Gasteiger partial charge < -0.3 is 10.2 Å². The molecule has 0 amide bonds. The van der Waals surface area contributed by atoms with E-state index < -0.39 is 0 Å². The monoisotopic (exact) mass is 264 g/mol. The molecule has 19 heavy (non-hydrogen) atoms. The van der Waals surface area contributed by atoms with E-state index in [1.165, 1.54) is 0 Å². The fraction of sp³-hybridized carbons (Fsp3) is 0.733. The first-order valence-electron chi connectivity index (χ1n) is 7.23. The number of nitrogens with zero attached hydrogens (tertiary/aromatic N) is 3. The van der Waals surface area contributed by atoms with Crippen molar-refractivity contribution in [1.29, 1.82) is 0 Å².